The molecule has 2 aromatic carbocycles. The van der Waals surface area contributed by atoms with Crippen LogP contribution in [0.15, 0.2) is 84.1 Å². The van der Waals surface area contributed by atoms with Gasteiger partial charge < -0.3 is 0 Å². The summed E-state index contributed by atoms with van der Waals surface area (Å²) in [5.74, 6) is 0. The molecule has 0 saturated carbocycles. The Bertz CT molecular complexity index is 1170. The molecule has 0 unspecified atom stereocenters. The maximum Gasteiger partial charge on any atom is 0.266 e. The van der Waals surface area contributed by atoms with E-state index in [1.54, 1.807) is 28.7 Å². The van der Waals surface area contributed by atoms with Crippen LogP contribution in [-0.2, 0) is 16.6 Å². The highest BCUT2D eigenvalue weighted by atomic mass is 32.2. The van der Waals surface area contributed by atoms with E-state index in [1.165, 1.54) is 16.8 Å². The number of nitrogens with zero attached hydrogens (tertiary/aromatic N) is 4. The molecule has 0 saturated heterocycles. The first-order chi connectivity index (χ1) is 13.0. The van der Waals surface area contributed by atoms with Gasteiger partial charge in [-0.3, -0.25) is 8.71 Å². The summed E-state index contributed by atoms with van der Waals surface area (Å²) in [7, 11) is -3.77. The molecule has 0 radical (unpaired) electrons. The molecule has 0 aliphatic rings. The van der Waals surface area contributed by atoms with Crippen molar-refractivity contribution in [3.8, 4) is 0 Å². The summed E-state index contributed by atoms with van der Waals surface area (Å²) in [6.45, 7) is 2.25. The lowest BCUT2D eigenvalue weighted by molar-refractivity contribution is 0.590. The van der Waals surface area contributed by atoms with Crippen molar-refractivity contribution in [2.75, 3.05) is 4.31 Å². The van der Waals surface area contributed by atoms with Crippen molar-refractivity contribution in [2.24, 2.45) is 0 Å². The Balaban J connectivity index is 1.79. The zero-order valence-electron chi connectivity index (χ0n) is 14.7. The molecule has 0 spiro atoms. The third kappa shape index (κ3) is 3.41. The quantitative estimate of drug-likeness (QED) is 0.534. The van der Waals surface area contributed by atoms with Crippen LogP contribution in [0.2, 0.25) is 0 Å². The predicted molar refractivity (Wildman–Crippen MR) is 104 cm³/mol. The average molecular weight is 378 g/mol. The van der Waals surface area contributed by atoms with Gasteiger partial charge in [-0.05, 0) is 36.8 Å². The Labute approximate surface area is 157 Å². The van der Waals surface area contributed by atoms with E-state index in [0.717, 1.165) is 11.1 Å². The minimum Gasteiger partial charge on any atom is -0.288 e. The van der Waals surface area contributed by atoms with Crippen molar-refractivity contribution in [3.63, 3.8) is 0 Å². The summed E-state index contributed by atoms with van der Waals surface area (Å²) in [5.41, 5.74) is 3.25. The van der Waals surface area contributed by atoms with E-state index >= 15 is 0 Å². The molecule has 136 valence electrons. The van der Waals surface area contributed by atoms with Gasteiger partial charge in [0.25, 0.3) is 10.0 Å². The van der Waals surface area contributed by atoms with Crippen LogP contribution in [0.25, 0.3) is 5.65 Å². The molecule has 0 bridgehead atoms. The monoisotopic (exact) mass is 378 g/mol. The summed E-state index contributed by atoms with van der Waals surface area (Å²) >= 11 is 0. The second-order valence-corrected chi connectivity index (χ2v) is 8.16. The van der Waals surface area contributed by atoms with Crippen LogP contribution in [0.5, 0.6) is 0 Å². The molecule has 4 rings (SSSR count). The normalized spacial score (nSPS) is 11.6. The van der Waals surface area contributed by atoms with Crippen LogP contribution in [0.4, 0.5) is 5.69 Å². The van der Waals surface area contributed by atoms with Crippen LogP contribution in [0, 0.1) is 6.92 Å². The van der Waals surface area contributed by atoms with Gasteiger partial charge in [0.2, 0.25) is 0 Å². The Kier molecular flexibility index (Phi) is 4.37. The minimum absolute atomic E-state index is 0.186. The van der Waals surface area contributed by atoms with Gasteiger partial charge in [-0.15, -0.1) is 10.2 Å². The highest BCUT2D eigenvalue weighted by Gasteiger charge is 2.25. The number of benzene rings is 2. The molecule has 0 aliphatic carbocycles. The van der Waals surface area contributed by atoms with Crippen molar-refractivity contribution < 1.29 is 8.42 Å². The minimum atomic E-state index is -3.77. The second-order valence-electron chi connectivity index (χ2n) is 6.29. The molecule has 6 nitrogen and oxygen atoms in total. The highest BCUT2D eigenvalue weighted by molar-refractivity contribution is 7.92. The number of fused-ring (bicyclic) bond motifs is 1. The van der Waals surface area contributed by atoms with E-state index in [1.807, 2.05) is 49.4 Å². The van der Waals surface area contributed by atoms with Gasteiger partial charge in [-0.2, -0.15) is 0 Å². The number of sulfonamides is 1. The largest absolute Gasteiger partial charge is 0.288 e. The summed E-state index contributed by atoms with van der Waals surface area (Å²) in [6, 6.07) is 20.2. The number of hydrogen-bond acceptors (Lipinski definition) is 4. The summed E-state index contributed by atoms with van der Waals surface area (Å²) in [4.78, 5) is 0.186. The van der Waals surface area contributed by atoms with E-state index < -0.39 is 10.0 Å². The van der Waals surface area contributed by atoms with E-state index in [9.17, 15) is 8.42 Å². The molecule has 7 heteroatoms. The smallest absolute Gasteiger partial charge is 0.266 e. The van der Waals surface area contributed by atoms with Crippen LogP contribution >= 0.6 is 0 Å². The zero-order chi connectivity index (χ0) is 18.9. The Hall–Kier alpha value is -3.19. The Morgan fingerprint density at radius 2 is 1.70 bits per heavy atom. The first-order valence-corrected chi connectivity index (χ1v) is 9.91. The standard InChI is InChI=1S/C20H18N4O2S/c1-16-7-9-17(10-8-16)13-24(18-5-3-2-4-6-18)27(25,26)19-11-12-20-22-21-15-23(20)14-19/h2-12,14-15H,13H2,1H3. The predicted octanol–water partition coefficient (Wildman–Crippen LogP) is 3.43. The van der Waals surface area contributed by atoms with Gasteiger partial charge in [0, 0.05) is 6.20 Å². The summed E-state index contributed by atoms with van der Waals surface area (Å²) in [5, 5.41) is 7.73. The SMILES string of the molecule is Cc1ccc(CN(c2ccccc2)S(=O)(=O)c2ccc3nncn3c2)cc1. The molecule has 4 aromatic rings. The van der Waals surface area contributed by atoms with Gasteiger partial charge >= 0.3 is 0 Å². The highest BCUT2D eigenvalue weighted by Crippen LogP contribution is 2.26. The van der Waals surface area contributed by atoms with Gasteiger partial charge in [0.05, 0.1) is 12.2 Å². The second kappa shape index (κ2) is 6.85. The first-order valence-electron chi connectivity index (χ1n) is 8.47. The maximum absolute atomic E-state index is 13.4. The van der Waals surface area contributed by atoms with Crippen LogP contribution < -0.4 is 4.31 Å². The molecule has 2 heterocycles. The van der Waals surface area contributed by atoms with Crippen LogP contribution in [-0.4, -0.2) is 23.0 Å². The molecule has 2 aromatic heterocycles. The fourth-order valence-electron chi connectivity index (χ4n) is 2.86. The lowest BCUT2D eigenvalue weighted by Gasteiger charge is -2.24. The molecule has 0 N–H and O–H groups in total. The Morgan fingerprint density at radius 1 is 0.963 bits per heavy atom. The van der Waals surface area contributed by atoms with Crippen LogP contribution in [0.3, 0.4) is 0 Å². The lowest BCUT2D eigenvalue weighted by atomic mass is 10.1. The number of hydrogen-bond donors (Lipinski definition) is 0. The maximum atomic E-state index is 13.4. The number of anilines is 1. The van der Waals surface area contributed by atoms with Crippen LogP contribution in [0.1, 0.15) is 11.1 Å². The zero-order valence-corrected chi connectivity index (χ0v) is 15.5. The number of para-hydroxylation sites is 1. The third-order valence-electron chi connectivity index (χ3n) is 4.34. The fourth-order valence-corrected chi connectivity index (χ4v) is 4.32. The summed E-state index contributed by atoms with van der Waals surface area (Å²) in [6.07, 6.45) is 3.02. The van der Waals surface area contributed by atoms with E-state index in [4.69, 9.17) is 0 Å². The lowest BCUT2D eigenvalue weighted by Crippen LogP contribution is -2.30. The summed E-state index contributed by atoms with van der Waals surface area (Å²) < 4.78 is 29.9. The average Bonchev–Trinajstić information content (AvgIpc) is 3.16. The van der Waals surface area contributed by atoms with Crippen molar-refractivity contribution in [1.82, 2.24) is 14.6 Å². The number of pyridine rings is 1. The molecule has 0 atom stereocenters. The third-order valence-corrected chi connectivity index (χ3v) is 6.10. The number of aromatic nitrogens is 3. The molecule has 0 amide bonds. The van der Waals surface area contributed by atoms with Gasteiger partial charge in [0.1, 0.15) is 11.2 Å². The van der Waals surface area contributed by atoms with Gasteiger partial charge in [-0.25, -0.2) is 8.42 Å². The van der Waals surface area contributed by atoms with Crippen molar-refractivity contribution in [1.29, 1.82) is 0 Å². The number of aryl methyl sites for hydroxylation is 1. The van der Waals surface area contributed by atoms with Crippen molar-refractivity contribution >= 4 is 21.4 Å². The molecular weight excluding hydrogens is 360 g/mol. The topological polar surface area (TPSA) is 67.6 Å². The number of rotatable bonds is 5. The molecule has 0 aliphatic heterocycles. The first kappa shape index (κ1) is 17.2. The van der Waals surface area contributed by atoms with E-state index in [-0.39, 0.29) is 11.4 Å². The van der Waals surface area contributed by atoms with E-state index in [0.29, 0.717) is 11.3 Å². The van der Waals surface area contributed by atoms with Crippen molar-refractivity contribution in [3.05, 3.63) is 90.4 Å². The van der Waals surface area contributed by atoms with E-state index in [2.05, 4.69) is 10.2 Å². The van der Waals surface area contributed by atoms with Gasteiger partial charge in [-0.1, -0.05) is 48.0 Å². The van der Waals surface area contributed by atoms with Crippen molar-refractivity contribution in [2.45, 2.75) is 18.4 Å². The molecule has 0 fully saturated rings. The Morgan fingerprint density at radius 3 is 2.44 bits per heavy atom. The molecular formula is C20H18N4O2S. The fraction of sp³-hybridized carbons (Fsp3) is 0.100. The molecule has 27 heavy (non-hydrogen) atoms. The van der Waals surface area contributed by atoms with Gasteiger partial charge in [0.15, 0.2) is 5.65 Å².